The van der Waals surface area contributed by atoms with E-state index in [0.717, 1.165) is 0 Å². The third-order valence-corrected chi connectivity index (χ3v) is 4.49. The lowest BCUT2D eigenvalue weighted by atomic mass is 9.95. The zero-order valence-corrected chi connectivity index (χ0v) is 17.9. The second-order valence-electron chi connectivity index (χ2n) is 7.11. The lowest BCUT2D eigenvalue weighted by Crippen LogP contribution is -2.30. The molecule has 2 amide bonds. The van der Waals surface area contributed by atoms with Crippen molar-refractivity contribution in [2.75, 3.05) is 10.6 Å². The van der Waals surface area contributed by atoms with Gasteiger partial charge in [0.1, 0.15) is 5.75 Å². The molecular formula is C20H22BrClN2O3. The molecule has 0 bridgehead atoms. The molecule has 0 spiro atoms. The zero-order chi connectivity index (χ0) is 20.2. The summed E-state index contributed by atoms with van der Waals surface area (Å²) in [4.78, 5) is 24.5. The first-order valence-corrected chi connectivity index (χ1v) is 9.57. The van der Waals surface area contributed by atoms with Crippen LogP contribution in [0.1, 0.15) is 27.7 Å². The number of halogens is 2. The number of amides is 2. The van der Waals surface area contributed by atoms with Crippen molar-refractivity contribution in [2.24, 2.45) is 5.41 Å². The van der Waals surface area contributed by atoms with E-state index in [1.54, 1.807) is 49.4 Å². The van der Waals surface area contributed by atoms with Crippen molar-refractivity contribution in [1.82, 2.24) is 0 Å². The summed E-state index contributed by atoms with van der Waals surface area (Å²) in [6, 6.07) is 12.1. The number of nitrogens with one attached hydrogen (secondary N) is 2. The number of hydrogen-bond donors (Lipinski definition) is 2. The Labute approximate surface area is 172 Å². The molecule has 2 aromatic carbocycles. The fourth-order valence-corrected chi connectivity index (χ4v) is 2.83. The number of carbonyl (C=O) groups is 2. The normalized spacial score (nSPS) is 12.2. The monoisotopic (exact) mass is 452 g/mol. The minimum Gasteiger partial charge on any atom is -0.480 e. The van der Waals surface area contributed by atoms with Crippen LogP contribution in [0, 0.1) is 5.41 Å². The highest BCUT2D eigenvalue weighted by Gasteiger charge is 2.21. The van der Waals surface area contributed by atoms with Gasteiger partial charge in [0.2, 0.25) is 5.91 Å². The van der Waals surface area contributed by atoms with E-state index in [2.05, 4.69) is 26.6 Å². The summed E-state index contributed by atoms with van der Waals surface area (Å²) in [5, 5.41) is 6.20. The first kappa shape index (κ1) is 21.3. The summed E-state index contributed by atoms with van der Waals surface area (Å²) in [6.45, 7) is 7.16. The maximum absolute atomic E-state index is 12.4. The average Bonchev–Trinajstić information content (AvgIpc) is 2.56. The van der Waals surface area contributed by atoms with Crippen LogP contribution in [-0.2, 0) is 9.59 Å². The van der Waals surface area contributed by atoms with Gasteiger partial charge >= 0.3 is 0 Å². The van der Waals surface area contributed by atoms with E-state index in [4.69, 9.17) is 16.3 Å². The highest BCUT2D eigenvalue weighted by atomic mass is 79.9. The SMILES string of the molecule is CC(Oc1ccc(Cl)cc1Br)C(=O)Nc1cccc(NC(=O)C(C)(C)C)c1. The number of rotatable bonds is 5. The molecule has 1 atom stereocenters. The number of benzene rings is 2. The molecule has 5 nitrogen and oxygen atoms in total. The fourth-order valence-electron chi connectivity index (χ4n) is 2.05. The lowest BCUT2D eigenvalue weighted by Gasteiger charge is -2.18. The highest BCUT2D eigenvalue weighted by molar-refractivity contribution is 9.10. The third kappa shape index (κ3) is 6.26. The summed E-state index contributed by atoms with van der Waals surface area (Å²) in [5.41, 5.74) is 0.673. The fraction of sp³-hybridized carbons (Fsp3) is 0.300. The molecule has 2 rings (SSSR count). The number of anilines is 2. The van der Waals surface area contributed by atoms with Gasteiger partial charge in [-0.1, -0.05) is 38.4 Å². The summed E-state index contributed by atoms with van der Waals surface area (Å²) < 4.78 is 6.35. The molecule has 2 N–H and O–H groups in total. The van der Waals surface area contributed by atoms with Crippen LogP contribution in [0.25, 0.3) is 0 Å². The number of carbonyl (C=O) groups excluding carboxylic acids is 2. The molecule has 7 heteroatoms. The molecule has 0 fully saturated rings. The van der Waals surface area contributed by atoms with Gasteiger partial charge in [-0.05, 0) is 59.3 Å². The van der Waals surface area contributed by atoms with Gasteiger partial charge in [-0.3, -0.25) is 9.59 Å². The number of hydrogen-bond acceptors (Lipinski definition) is 3. The van der Waals surface area contributed by atoms with Crippen LogP contribution >= 0.6 is 27.5 Å². The van der Waals surface area contributed by atoms with Gasteiger partial charge in [0.05, 0.1) is 4.47 Å². The predicted octanol–water partition coefficient (Wildman–Crippen LogP) is 5.49. The van der Waals surface area contributed by atoms with Crippen molar-refractivity contribution in [1.29, 1.82) is 0 Å². The van der Waals surface area contributed by atoms with E-state index >= 15 is 0 Å². The van der Waals surface area contributed by atoms with Crippen molar-refractivity contribution in [3.63, 3.8) is 0 Å². The van der Waals surface area contributed by atoms with Gasteiger partial charge in [0.15, 0.2) is 6.10 Å². The van der Waals surface area contributed by atoms with Crippen molar-refractivity contribution < 1.29 is 14.3 Å². The van der Waals surface area contributed by atoms with Crippen LogP contribution in [0.3, 0.4) is 0 Å². The molecule has 0 saturated carbocycles. The topological polar surface area (TPSA) is 67.4 Å². The molecule has 1 unspecified atom stereocenters. The molecule has 0 heterocycles. The molecule has 0 radical (unpaired) electrons. The van der Waals surface area contributed by atoms with Crippen molar-refractivity contribution >= 4 is 50.7 Å². The summed E-state index contributed by atoms with van der Waals surface area (Å²) in [5.74, 6) is 0.111. The quantitative estimate of drug-likeness (QED) is 0.629. The largest absolute Gasteiger partial charge is 0.480 e. The summed E-state index contributed by atoms with van der Waals surface area (Å²) in [6.07, 6.45) is -0.727. The maximum Gasteiger partial charge on any atom is 0.265 e. The minimum absolute atomic E-state index is 0.102. The Balaban J connectivity index is 2.02. The van der Waals surface area contributed by atoms with Gasteiger partial charge in [-0.15, -0.1) is 0 Å². The van der Waals surface area contributed by atoms with E-state index < -0.39 is 11.5 Å². The van der Waals surface area contributed by atoms with Crippen LogP contribution in [0.15, 0.2) is 46.9 Å². The standard InChI is InChI=1S/C20H22BrClN2O3/c1-12(27-17-9-8-13(22)10-16(17)21)18(25)23-14-6-5-7-15(11-14)24-19(26)20(2,3)4/h5-12H,1-4H3,(H,23,25)(H,24,26). The first-order chi connectivity index (χ1) is 12.6. The third-order valence-electron chi connectivity index (χ3n) is 3.64. The second kappa shape index (κ2) is 8.76. The van der Waals surface area contributed by atoms with Crippen LogP contribution < -0.4 is 15.4 Å². The van der Waals surface area contributed by atoms with E-state index in [1.165, 1.54) is 0 Å². The average molecular weight is 454 g/mol. The Kier molecular flexibility index (Phi) is 6.89. The van der Waals surface area contributed by atoms with Gasteiger partial charge in [-0.2, -0.15) is 0 Å². The molecule has 0 saturated heterocycles. The molecule has 0 aliphatic rings. The van der Waals surface area contributed by atoms with Crippen molar-refractivity contribution in [3.05, 3.63) is 52.0 Å². The van der Waals surface area contributed by atoms with Gasteiger partial charge in [-0.25, -0.2) is 0 Å². The molecule has 27 heavy (non-hydrogen) atoms. The molecule has 0 aromatic heterocycles. The van der Waals surface area contributed by atoms with E-state index in [1.807, 2.05) is 20.8 Å². The summed E-state index contributed by atoms with van der Waals surface area (Å²) in [7, 11) is 0. The predicted molar refractivity (Wildman–Crippen MR) is 112 cm³/mol. The van der Waals surface area contributed by atoms with E-state index in [0.29, 0.717) is 26.6 Å². The maximum atomic E-state index is 12.4. The summed E-state index contributed by atoms with van der Waals surface area (Å²) >= 11 is 9.27. The van der Waals surface area contributed by atoms with Crippen molar-refractivity contribution in [3.8, 4) is 5.75 Å². The van der Waals surface area contributed by atoms with Crippen LogP contribution in [0.5, 0.6) is 5.75 Å². The molecule has 0 aliphatic carbocycles. The molecule has 2 aromatic rings. The Morgan fingerprint density at radius 1 is 1.07 bits per heavy atom. The highest BCUT2D eigenvalue weighted by Crippen LogP contribution is 2.29. The van der Waals surface area contributed by atoms with E-state index in [-0.39, 0.29) is 11.8 Å². The Hall–Kier alpha value is -2.05. The lowest BCUT2D eigenvalue weighted by molar-refractivity contribution is -0.123. The van der Waals surface area contributed by atoms with Gasteiger partial charge in [0, 0.05) is 21.8 Å². The second-order valence-corrected chi connectivity index (χ2v) is 8.40. The van der Waals surface area contributed by atoms with E-state index in [9.17, 15) is 9.59 Å². The van der Waals surface area contributed by atoms with Crippen LogP contribution in [-0.4, -0.2) is 17.9 Å². The smallest absolute Gasteiger partial charge is 0.265 e. The Morgan fingerprint density at radius 2 is 1.70 bits per heavy atom. The number of ether oxygens (including phenoxy) is 1. The molecule has 0 aliphatic heterocycles. The van der Waals surface area contributed by atoms with Gasteiger partial charge in [0.25, 0.3) is 5.91 Å². The van der Waals surface area contributed by atoms with Crippen LogP contribution in [0.4, 0.5) is 11.4 Å². The molecular weight excluding hydrogens is 432 g/mol. The Morgan fingerprint density at radius 3 is 2.30 bits per heavy atom. The Bertz CT molecular complexity index is 849. The zero-order valence-electron chi connectivity index (χ0n) is 15.6. The minimum atomic E-state index is -0.727. The molecule has 144 valence electrons. The van der Waals surface area contributed by atoms with Gasteiger partial charge < -0.3 is 15.4 Å². The van der Waals surface area contributed by atoms with Crippen LogP contribution in [0.2, 0.25) is 5.02 Å². The first-order valence-electron chi connectivity index (χ1n) is 8.40. The van der Waals surface area contributed by atoms with Crippen molar-refractivity contribution in [2.45, 2.75) is 33.8 Å².